The van der Waals surface area contributed by atoms with Crippen molar-refractivity contribution in [2.75, 3.05) is 26.3 Å². The molecule has 11 nitrogen and oxygen atoms in total. The van der Waals surface area contributed by atoms with E-state index in [1.165, 1.54) is 0 Å². The molecule has 0 unspecified atom stereocenters. The molecule has 4 aromatic rings. The van der Waals surface area contributed by atoms with Crippen molar-refractivity contribution in [3.63, 3.8) is 0 Å². The maximum Gasteiger partial charge on any atom is 0.248 e. The summed E-state index contributed by atoms with van der Waals surface area (Å²) in [6, 6.07) is 5.85. The van der Waals surface area contributed by atoms with Crippen LogP contribution in [-0.4, -0.2) is 77.9 Å². The summed E-state index contributed by atoms with van der Waals surface area (Å²) in [5.74, 6) is 0.586. The summed E-state index contributed by atoms with van der Waals surface area (Å²) >= 11 is 0. The van der Waals surface area contributed by atoms with Gasteiger partial charge in [-0.25, -0.2) is 4.98 Å². The average Bonchev–Trinajstić information content (AvgIpc) is 3.55. The Kier molecular flexibility index (Phi) is 5.88. The number of nitrogens with one attached hydrogen (secondary N) is 1. The number of carbonyl (C=O) groups is 1. The van der Waals surface area contributed by atoms with Gasteiger partial charge in [0.1, 0.15) is 5.69 Å². The molecule has 1 aliphatic heterocycles. The number of aryl methyl sites for hydroxylation is 2. The molecule has 0 radical (unpaired) electrons. The van der Waals surface area contributed by atoms with E-state index in [1.54, 1.807) is 18.3 Å². The van der Waals surface area contributed by atoms with E-state index in [0.29, 0.717) is 35.4 Å². The second-order valence-corrected chi connectivity index (χ2v) is 8.64. The zero-order valence-corrected chi connectivity index (χ0v) is 19.7. The fourth-order valence-corrected chi connectivity index (χ4v) is 4.47. The van der Waals surface area contributed by atoms with Gasteiger partial charge in [0.05, 0.1) is 37.2 Å². The first-order chi connectivity index (χ1) is 16.4. The fraction of sp³-hybridized carbons (Fsp3) is 0.435. The molecule has 0 aliphatic carbocycles. The third kappa shape index (κ3) is 4.08. The highest BCUT2D eigenvalue weighted by Gasteiger charge is 2.21. The van der Waals surface area contributed by atoms with Crippen LogP contribution in [0.5, 0.6) is 0 Å². The molecular weight excluding hydrogens is 434 g/mol. The smallest absolute Gasteiger partial charge is 0.248 e. The minimum Gasteiger partial charge on any atom is -0.379 e. The van der Waals surface area contributed by atoms with Crippen LogP contribution < -0.4 is 5.73 Å². The Hall–Kier alpha value is -3.57. The van der Waals surface area contributed by atoms with Crippen molar-refractivity contribution in [2.45, 2.75) is 39.9 Å². The highest BCUT2D eigenvalue weighted by molar-refractivity contribution is 6.02. The number of hydrogen-bond donors (Lipinski definition) is 2. The van der Waals surface area contributed by atoms with Crippen LogP contribution in [0.4, 0.5) is 0 Å². The number of carbonyl (C=O) groups excluding carboxylic acids is 1. The van der Waals surface area contributed by atoms with Crippen LogP contribution in [0.3, 0.4) is 0 Å². The van der Waals surface area contributed by atoms with Gasteiger partial charge in [0.25, 0.3) is 0 Å². The molecule has 0 spiro atoms. The molecule has 0 bridgehead atoms. The number of nitrogens with zero attached hydrogens (tertiary/aromatic N) is 7. The van der Waals surface area contributed by atoms with E-state index in [4.69, 9.17) is 15.5 Å². The van der Waals surface area contributed by atoms with E-state index >= 15 is 0 Å². The quantitative estimate of drug-likeness (QED) is 0.427. The Labute approximate surface area is 196 Å². The molecular formula is C23H29N9O2. The maximum atomic E-state index is 12.1. The lowest BCUT2D eigenvalue weighted by atomic mass is 10.0. The second kappa shape index (κ2) is 8.99. The van der Waals surface area contributed by atoms with Crippen molar-refractivity contribution >= 4 is 16.8 Å². The monoisotopic (exact) mass is 463 g/mol. The lowest BCUT2D eigenvalue weighted by Gasteiger charge is -2.33. The first kappa shape index (κ1) is 22.2. The van der Waals surface area contributed by atoms with Gasteiger partial charge in [0, 0.05) is 42.2 Å². The summed E-state index contributed by atoms with van der Waals surface area (Å²) in [5, 5.41) is 17.4. The van der Waals surface area contributed by atoms with Gasteiger partial charge in [-0.15, -0.1) is 0 Å². The van der Waals surface area contributed by atoms with E-state index in [1.807, 2.05) is 29.3 Å². The third-order valence-electron chi connectivity index (χ3n) is 6.32. The number of ether oxygens (including phenoxy) is 1. The van der Waals surface area contributed by atoms with Crippen LogP contribution in [-0.2, 0) is 17.8 Å². The van der Waals surface area contributed by atoms with Gasteiger partial charge in [0.2, 0.25) is 5.91 Å². The Morgan fingerprint density at radius 1 is 1.26 bits per heavy atom. The number of hydrogen-bond acceptors (Lipinski definition) is 7. The van der Waals surface area contributed by atoms with Crippen LogP contribution in [0.15, 0.2) is 24.4 Å². The van der Waals surface area contributed by atoms with Crippen molar-refractivity contribution in [3.05, 3.63) is 35.7 Å². The first-order valence-corrected chi connectivity index (χ1v) is 11.5. The van der Waals surface area contributed by atoms with Crippen LogP contribution in [0.2, 0.25) is 0 Å². The van der Waals surface area contributed by atoms with E-state index in [2.05, 4.69) is 32.2 Å². The molecule has 0 saturated carbocycles. The van der Waals surface area contributed by atoms with Gasteiger partial charge >= 0.3 is 0 Å². The Balaban J connectivity index is 1.51. The predicted molar refractivity (Wildman–Crippen MR) is 127 cm³/mol. The van der Waals surface area contributed by atoms with E-state index in [0.717, 1.165) is 55.1 Å². The van der Waals surface area contributed by atoms with Gasteiger partial charge in [-0.2, -0.15) is 15.3 Å². The SMILES string of the molecule is CCn1nc(C)cc1-c1nc(-c2cc(C(N)=O)cc3c2cnn3CCN2CCOC[C@H]2C)n[nH]1. The number of H-pyrrole nitrogens is 1. The van der Waals surface area contributed by atoms with E-state index < -0.39 is 5.91 Å². The Morgan fingerprint density at radius 2 is 2.12 bits per heavy atom. The number of nitrogens with two attached hydrogens (primary N) is 1. The van der Waals surface area contributed by atoms with Crippen LogP contribution in [0.1, 0.15) is 29.9 Å². The maximum absolute atomic E-state index is 12.1. The summed E-state index contributed by atoms with van der Waals surface area (Å²) in [6.45, 7) is 10.7. The summed E-state index contributed by atoms with van der Waals surface area (Å²) in [7, 11) is 0. The lowest BCUT2D eigenvalue weighted by molar-refractivity contribution is -0.00188. The number of morpholine rings is 1. The number of fused-ring (bicyclic) bond motifs is 1. The van der Waals surface area contributed by atoms with Crippen molar-refractivity contribution in [2.24, 2.45) is 5.73 Å². The number of benzene rings is 1. The number of aromatic nitrogens is 7. The number of amides is 1. The molecule has 1 fully saturated rings. The molecule has 4 heterocycles. The topological polar surface area (TPSA) is 133 Å². The summed E-state index contributed by atoms with van der Waals surface area (Å²) < 4.78 is 9.33. The van der Waals surface area contributed by atoms with Crippen molar-refractivity contribution < 1.29 is 9.53 Å². The standard InChI is InChI=1S/C23H29N9O2/c1-4-31-20(9-14(2)29-31)23-26-22(27-28-23)17-10-16(21(24)33)11-19-18(17)12-25-32(19)6-5-30-7-8-34-13-15(30)3/h9-12,15H,4-8,13H2,1-3H3,(H2,24,33)(H,26,27,28)/t15-/m1/s1. The molecule has 5 rings (SSSR count). The van der Waals surface area contributed by atoms with Gasteiger partial charge < -0.3 is 10.5 Å². The normalized spacial score (nSPS) is 17.0. The van der Waals surface area contributed by atoms with Crippen molar-refractivity contribution in [3.8, 4) is 22.9 Å². The molecule has 1 saturated heterocycles. The van der Waals surface area contributed by atoms with Gasteiger partial charge in [-0.05, 0) is 39.0 Å². The number of primary amides is 1. The van der Waals surface area contributed by atoms with Crippen LogP contribution in [0.25, 0.3) is 33.8 Å². The summed E-state index contributed by atoms with van der Waals surface area (Å²) in [6.07, 6.45) is 1.80. The third-order valence-corrected chi connectivity index (χ3v) is 6.32. The molecule has 1 aromatic carbocycles. The Bertz CT molecular complexity index is 1340. The minimum atomic E-state index is -0.506. The summed E-state index contributed by atoms with van der Waals surface area (Å²) in [5.41, 5.74) is 9.36. The molecule has 3 aromatic heterocycles. The predicted octanol–water partition coefficient (Wildman–Crippen LogP) is 1.83. The molecule has 34 heavy (non-hydrogen) atoms. The minimum absolute atomic E-state index is 0.360. The highest BCUT2D eigenvalue weighted by Crippen LogP contribution is 2.30. The van der Waals surface area contributed by atoms with Gasteiger partial charge in [0.15, 0.2) is 11.6 Å². The molecule has 1 amide bonds. The largest absolute Gasteiger partial charge is 0.379 e. The van der Waals surface area contributed by atoms with Gasteiger partial charge in [-0.3, -0.25) is 24.2 Å². The average molecular weight is 464 g/mol. The molecule has 1 aliphatic rings. The van der Waals surface area contributed by atoms with Gasteiger partial charge in [-0.1, -0.05) is 0 Å². The van der Waals surface area contributed by atoms with Crippen LogP contribution in [0, 0.1) is 6.92 Å². The molecule has 3 N–H and O–H groups in total. The first-order valence-electron chi connectivity index (χ1n) is 11.5. The zero-order valence-electron chi connectivity index (χ0n) is 19.7. The molecule has 11 heteroatoms. The zero-order chi connectivity index (χ0) is 23.8. The van der Waals surface area contributed by atoms with Crippen LogP contribution >= 0.6 is 0 Å². The molecule has 1 atom stereocenters. The van der Waals surface area contributed by atoms with Crippen molar-refractivity contribution in [1.82, 2.24) is 39.6 Å². The fourth-order valence-electron chi connectivity index (χ4n) is 4.47. The van der Waals surface area contributed by atoms with Crippen molar-refractivity contribution in [1.29, 1.82) is 0 Å². The lowest BCUT2D eigenvalue weighted by Crippen LogP contribution is -2.44. The second-order valence-electron chi connectivity index (χ2n) is 8.64. The number of rotatable bonds is 7. The Morgan fingerprint density at radius 3 is 2.88 bits per heavy atom. The highest BCUT2D eigenvalue weighted by atomic mass is 16.5. The summed E-state index contributed by atoms with van der Waals surface area (Å²) in [4.78, 5) is 19.2. The van der Waals surface area contributed by atoms with E-state index in [9.17, 15) is 4.79 Å². The number of aromatic amines is 1. The van der Waals surface area contributed by atoms with E-state index in [-0.39, 0.29) is 0 Å². The molecule has 178 valence electrons.